The molecule has 1 heterocycles. The van der Waals surface area contributed by atoms with Crippen molar-refractivity contribution >= 4 is 5.97 Å². The summed E-state index contributed by atoms with van der Waals surface area (Å²) in [4.78, 5) is 15.7. The zero-order valence-electron chi connectivity index (χ0n) is 14.0. The molecule has 5 nitrogen and oxygen atoms in total. The summed E-state index contributed by atoms with van der Waals surface area (Å²) in [6.07, 6.45) is 7.25. The molecular weight excluding hydrogens is 330 g/mol. The predicted molar refractivity (Wildman–Crippen MR) is 87.9 cm³/mol. The van der Waals surface area contributed by atoms with E-state index in [1.54, 1.807) is 0 Å². The first kappa shape index (κ1) is 19.1. The van der Waals surface area contributed by atoms with Crippen molar-refractivity contribution in [2.75, 3.05) is 0 Å². The van der Waals surface area contributed by atoms with E-state index in [4.69, 9.17) is 0 Å². The Morgan fingerprint density at radius 2 is 2.08 bits per heavy atom. The number of halogens is 2. The van der Waals surface area contributed by atoms with Gasteiger partial charge in [-0.3, -0.25) is 0 Å². The fraction of sp³-hybridized carbons (Fsp3) is 0.444. The monoisotopic (exact) mass is 352 g/mol. The molecule has 25 heavy (non-hydrogen) atoms. The molecule has 2 aromatic rings. The van der Waals surface area contributed by atoms with Crippen molar-refractivity contribution < 1.29 is 23.8 Å². The lowest BCUT2D eigenvalue weighted by Crippen LogP contribution is -2.42. The number of benzene rings is 1. The standard InChI is InChI=1S/C18H22F2N2O3/c1-2-3-4-5-8-18(25,14-7-6-13(19)11-15(14)20)16(17(23)24)22-10-9-21-12-22/h6-7,9-12,16,25H,2-5,8H2,1H3,(H,23,24). The van der Waals surface area contributed by atoms with Gasteiger partial charge in [-0.15, -0.1) is 0 Å². The van der Waals surface area contributed by atoms with E-state index in [1.807, 2.05) is 6.92 Å². The smallest absolute Gasteiger partial charge is 0.330 e. The summed E-state index contributed by atoms with van der Waals surface area (Å²) in [7, 11) is 0. The number of aliphatic hydroxyl groups is 1. The number of hydrogen-bond donors (Lipinski definition) is 2. The van der Waals surface area contributed by atoms with Crippen LogP contribution in [0.25, 0.3) is 0 Å². The van der Waals surface area contributed by atoms with E-state index < -0.39 is 29.2 Å². The number of carbonyl (C=O) groups is 1. The van der Waals surface area contributed by atoms with E-state index in [-0.39, 0.29) is 12.0 Å². The first-order valence-corrected chi connectivity index (χ1v) is 8.28. The van der Waals surface area contributed by atoms with Crippen LogP contribution in [0.5, 0.6) is 0 Å². The van der Waals surface area contributed by atoms with E-state index in [1.165, 1.54) is 23.3 Å². The van der Waals surface area contributed by atoms with E-state index in [0.29, 0.717) is 12.5 Å². The van der Waals surface area contributed by atoms with Crippen molar-refractivity contribution in [1.82, 2.24) is 9.55 Å². The van der Waals surface area contributed by atoms with Crippen LogP contribution in [0, 0.1) is 11.6 Å². The zero-order valence-corrected chi connectivity index (χ0v) is 14.0. The molecule has 0 fully saturated rings. The van der Waals surface area contributed by atoms with Crippen molar-refractivity contribution in [3.63, 3.8) is 0 Å². The lowest BCUT2D eigenvalue weighted by atomic mass is 9.81. The van der Waals surface area contributed by atoms with Crippen LogP contribution >= 0.6 is 0 Å². The molecule has 0 bridgehead atoms. The Bertz CT molecular complexity index is 706. The minimum Gasteiger partial charge on any atom is -0.480 e. The van der Waals surface area contributed by atoms with E-state index in [0.717, 1.165) is 31.4 Å². The lowest BCUT2D eigenvalue weighted by molar-refractivity contribution is -0.152. The van der Waals surface area contributed by atoms with Crippen LogP contribution in [0.1, 0.15) is 50.6 Å². The summed E-state index contributed by atoms with van der Waals surface area (Å²) in [5, 5.41) is 20.9. The van der Waals surface area contributed by atoms with Gasteiger partial charge < -0.3 is 14.8 Å². The Balaban J connectivity index is 2.48. The number of carboxylic acids is 1. The molecule has 1 aromatic heterocycles. The summed E-state index contributed by atoms with van der Waals surface area (Å²) in [6, 6.07) is 1.30. The number of carboxylic acid groups (broad SMARTS) is 1. The van der Waals surface area contributed by atoms with Gasteiger partial charge in [0.1, 0.15) is 17.2 Å². The maximum absolute atomic E-state index is 14.4. The minimum atomic E-state index is -2.03. The van der Waals surface area contributed by atoms with Crippen LogP contribution in [0.2, 0.25) is 0 Å². The van der Waals surface area contributed by atoms with Gasteiger partial charge in [0.05, 0.1) is 6.33 Å². The van der Waals surface area contributed by atoms with Crippen LogP contribution < -0.4 is 0 Å². The molecule has 0 aliphatic rings. The zero-order chi connectivity index (χ0) is 18.4. The largest absolute Gasteiger partial charge is 0.480 e. The fourth-order valence-corrected chi connectivity index (χ4v) is 3.08. The maximum Gasteiger partial charge on any atom is 0.330 e. The molecule has 2 atom stereocenters. The molecule has 0 amide bonds. The first-order chi connectivity index (χ1) is 11.9. The van der Waals surface area contributed by atoms with Crippen LogP contribution in [0.3, 0.4) is 0 Å². The number of aromatic nitrogens is 2. The van der Waals surface area contributed by atoms with E-state index in [2.05, 4.69) is 4.98 Å². The fourth-order valence-electron chi connectivity index (χ4n) is 3.08. The summed E-state index contributed by atoms with van der Waals surface area (Å²) in [5.74, 6) is -3.08. The Hall–Kier alpha value is -2.28. The number of hydrogen-bond acceptors (Lipinski definition) is 3. The van der Waals surface area contributed by atoms with Gasteiger partial charge in [0.15, 0.2) is 6.04 Å². The number of aliphatic carboxylic acids is 1. The summed E-state index contributed by atoms with van der Waals surface area (Å²) < 4.78 is 28.9. The summed E-state index contributed by atoms with van der Waals surface area (Å²) in [6.45, 7) is 2.03. The second-order valence-electron chi connectivity index (χ2n) is 6.11. The number of unbranched alkanes of at least 4 members (excludes halogenated alkanes) is 3. The van der Waals surface area contributed by atoms with Gasteiger partial charge >= 0.3 is 5.97 Å². The highest BCUT2D eigenvalue weighted by atomic mass is 19.1. The predicted octanol–water partition coefficient (Wildman–Crippen LogP) is 3.65. The molecule has 0 saturated heterocycles. The Labute approximate surface area is 144 Å². The molecule has 2 rings (SSSR count). The number of rotatable bonds is 9. The van der Waals surface area contributed by atoms with E-state index in [9.17, 15) is 23.8 Å². The van der Waals surface area contributed by atoms with Gasteiger partial charge in [0, 0.05) is 24.0 Å². The highest BCUT2D eigenvalue weighted by Crippen LogP contribution is 2.40. The van der Waals surface area contributed by atoms with Crippen LogP contribution in [-0.4, -0.2) is 25.7 Å². The second-order valence-corrected chi connectivity index (χ2v) is 6.11. The molecule has 136 valence electrons. The molecule has 7 heteroatoms. The number of imidazole rings is 1. The average Bonchev–Trinajstić information content (AvgIpc) is 3.05. The molecule has 0 aliphatic heterocycles. The molecule has 0 radical (unpaired) electrons. The van der Waals surface area contributed by atoms with Crippen LogP contribution in [0.4, 0.5) is 8.78 Å². The summed E-state index contributed by atoms with van der Waals surface area (Å²) in [5.41, 5.74) is -2.26. The van der Waals surface area contributed by atoms with E-state index >= 15 is 0 Å². The Morgan fingerprint density at radius 1 is 1.32 bits per heavy atom. The molecule has 2 unspecified atom stereocenters. The third-order valence-corrected chi connectivity index (χ3v) is 4.32. The Morgan fingerprint density at radius 3 is 2.64 bits per heavy atom. The third-order valence-electron chi connectivity index (χ3n) is 4.32. The maximum atomic E-state index is 14.4. The summed E-state index contributed by atoms with van der Waals surface area (Å²) >= 11 is 0. The van der Waals surface area contributed by atoms with Crippen LogP contribution in [0.15, 0.2) is 36.9 Å². The molecule has 0 saturated carbocycles. The highest BCUT2D eigenvalue weighted by Gasteiger charge is 2.45. The third kappa shape index (κ3) is 4.22. The van der Waals surface area contributed by atoms with Crippen molar-refractivity contribution in [2.45, 2.75) is 50.7 Å². The van der Waals surface area contributed by atoms with Gasteiger partial charge in [-0.25, -0.2) is 18.6 Å². The second kappa shape index (κ2) is 8.20. The minimum absolute atomic E-state index is 0.0324. The SMILES string of the molecule is CCCCCCC(O)(c1ccc(F)cc1F)C(C(=O)O)n1ccnc1. The lowest BCUT2D eigenvalue weighted by Gasteiger charge is -2.35. The van der Waals surface area contributed by atoms with Crippen LogP contribution in [-0.2, 0) is 10.4 Å². The Kier molecular flexibility index (Phi) is 6.25. The van der Waals surface area contributed by atoms with Crippen molar-refractivity contribution in [2.24, 2.45) is 0 Å². The van der Waals surface area contributed by atoms with Crippen molar-refractivity contribution in [3.05, 3.63) is 54.1 Å². The van der Waals surface area contributed by atoms with Gasteiger partial charge in [0.2, 0.25) is 0 Å². The van der Waals surface area contributed by atoms with Crippen molar-refractivity contribution in [3.8, 4) is 0 Å². The molecule has 2 N–H and O–H groups in total. The normalized spacial score (nSPS) is 14.9. The van der Waals surface area contributed by atoms with Gasteiger partial charge in [0.25, 0.3) is 0 Å². The average molecular weight is 352 g/mol. The van der Waals surface area contributed by atoms with Gasteiger partial charge in [-0.1, -0.05) is 38.7 Å². The topological polar surface area (TPSA) is 75.3 Å². The first-order valence-electron chi connectivity index (χ1n) is 8.28. The number of nitrogens with zero attached hydrogens (tertiary/aromatic N) is 2. The molecule has 0 spiro atoms. The van der Waals surface area contributed by atoms with Gasteiger partial charge in [-0.2, -0.15) is 0 Å². The molecule has 0 aliphatic carbocycles. The van der Waals surface area contributed by atoms with Crippen molar-refractivity contribution in [1.29, 1.82) is 0 Å². The molecular formula is C18H22F2N2O3. The highest BCUT2D eigenvalue weighted by molar-refractivity contribution is 5.74. The molecule has 1 aromatic carbocycles. The van der Waals surface area contributed by atoms with Gasteiger partial charge in [-0.05, 0) is 12.5 Å². The quantitative estimate of drug-likeness (QED) is 0.676.